The highest BCUT2D eigenvalue weighted by Crippen LogP contribution is 2.25. The number of ether oxygens (including phenoxy) is 2. The van der Waals surface area contributed by atoms with Crippen LogP contribution in [0.3, 0.4) is 0 Å². The molecule has 4 heterocycles. The molecule has 0 bridgehead atoms. The number of rotatable bonds is 6. The minimum absolute atomic E-state index is 0.0247. The number of carbonyl (C=O) groups is 1. The highest BCUT2D eigenvalue weighted by atomic mass is 16.5. The first-order chi connectivity index (χ1) is 15.8. The van der Waals surface area contributed by atoms with Gasteiger partial charge in [0, 0.05) is 55.8 Å². The first-order valence-electron chi connectivity index (χ1n) is 11.4. The van der Waals surface area contributed by atoms with E-state index in [9.17, 15) is 4.79 Å². The topological polar surface area (TPSA) is 90.6 Å². The number of amides is 1. The van der Waals surface area contributed by atoms with E-state index in [-0.39, 0.29) is 12.0 Å². The van der Waals surface area contributed by atoms with Gasteiger partial charge in [-0.15, -0.1) is 0 Å². The number of aromatic nitrogens is 3. The van der Waals surface area contributed by atoms with Gasteiger partial charge in [0.15, 0.2) is 5.82 Å². The van der Waals surface area contributed by atoms with E-state index in [1.807, 2.05) is 35.2 Å². The normalized spacial score (nSPS) is 20.0. The number of carbonyl (C=O) groups excluding carboxylic acids is 1. The largest absolute Gasteiger partial charge is 0.381 e. The summed E-state index contributed by atoms with van der Waals surface area (Å²) in [5.74, 6) is 1.74. The molecule has 5 rings (SSSR count). The van der Waals surface area contributed by atoms with Gasteiger partial charge in [-0.2, -0.15) is 4.98 Å². The van der Waals surface area contributed by atoms with Crippen LogP contribution in [-0.2, 0) is 15.9 Å². The molecule has 2 fully saturated rings. The molecule has 8 heteroatoms. The number of fused-ring (bicyclic) bond motifs is 1. The van der Waals surface area contributed by atoms with E-state index < -0.39 is 0 Å². The van der Waals surface area contributed by atoms with Crippen molar-refractivity contribution < 1.29 is 18.8 Å². The van der Waals surface area contributed by atoms with Gasteiger partial charge < -0.3 is 18.9 Å². The molecular weight excluding hydrogens is 408 g/mol. The number of nitrogens with zero attached hydrogens (tertiary/aromatic N) is 4. The van der Waals surface area contributed by atoms with Gasteiger partial charge in [-0.3, -0.25) is 9.78 Å². The lowest BCUT2D eigenvalue weighted by molar-refractivity contribution is 0.00252. The molecule has 0 aliphatic carbocycles. The molecule has 1 atom stereocenters. The summed E-state index contributed by atoms with van der Waals surface area (Å²) in [4.78, 5) is 23.8. The van der Waals surface area contributed by atoms with Gasteiger partial charge in [0.25, 0.3) is 5.91 Å². The number of hydrogen-bond donors (Lipinski definition) is 0. The fourth-order valence-electron chi connectivity index (χ4n) is 4.45. The molecule has 3 aromatic rings. The monoisotopic (exact) mass is 436 g/mol. The number of pyridine rings is 1. The summed E-state index contributed by atoms with van der Waals surface area (Å²) in [6, 6.07) is 9.54. The number of likely N-dealkylation sites (tertiary alicyclic amines) is 1. The van der Waals surface area contributed by atoms with Crippen LogP contribution in [0.5, 0.6) is 0 Å². The molecule has 0 radical (unpaired) electrons. The lowest BCUT2D eigenvalue weighted by Gasteiger charge is -2.32. The van der Waals surface area contributed by atoms with Crippen molar-refractivity contribution in [3.63, 3.8) is 0 Å². The Morgan fingerprint density at radius 1 is 1.19 bits per heavy atom. The van der Waals surface area contributed by atoms with Crippen molar-refractivity contribution in [3.05, 3.63) is 53.8 Å². The van der Waals surface area contributed by atoms with Crippen LogP contribution in [0.2, 0.25) is 0 Å². The van der Waals surface area contributed by atoms with Crippen LogP contribution in [0.15, 0.2) is 41.1 Å². The Morgan fingerprint density at radius 2 is 2.09 bits per heavy atom. The molecule has 8 nitrogen and oxygen atoms in total. The molecule has 2 aliphatic heterocycles. The van der Waals surface area contributed by atoms with Crippen molar-refractivity contribution in [2.24, 2.45) is 0 Å². The second-order valence-corrected chi connectivity index (χ2v) is 8.48. The third kappa shape index (κ3) is 4.81. The Labute approximate surface area is 186 Å². The Bertz CT molecular complexity index is 1060. The Hall–Kier alpha value is -2.84. The smallest absolute Gasteiger partial charge is 0.253 e. The van der Waals surface area contributed by atoms with Crippen LogP contribution in [0.1, 0.15) is 53.7 Å². The predicted octanol–water partition coefficient (Wildman–Crippen LogP) is 3.38. The van der Waals surface area contributed by atoms with Crippen LogP contribution >= 0.6 is 0 Å². The molecular formula is C24H28N4O4. The van der Waals surface area contributed by atoms with Gasteiger partial charge in [-0.25, -0.2) is 0 Å². The van der Waals surface area contributed by atoms with E-state index in [4.69, 9.17) is 14.0 Å². The van der Waals surface area contributed by atoms with E-state index in [2.05, 4.69) is 15.1 Å². The van der Waals surface area contributed by atoms with Crippen LogP contribution in [-0.4, -0.2) is 64.9 Å². The Balaban J connectivity index is 1.13. The summed E-state index contributed by atoms with van der Waals surface area (Å²) in [7, 11) is 0. The van der Waals surface area contributed by atoms with Crippen molar-refractivity contribution in [1.82, 2.24) is 20.0 Å². The van der Waals surface area contributed by atoms with Crippen LogP contribution in [0, 0.1) is 0 Å². The maximum atomic E-state index is 13.0. The number of benzene rings is 1. The summed E-state index contributed by atoms with van der Waals surface area (Å²) in [5, 5.41) is 5.08. The van der Waals surface area contributed by atoms with E-state index in [1.54, 1.807) is 6.20 Å². The third-order valence-corrected chi connectivity index (χ3v) is 6.25. The summed E-state index contributed by atoms with van der Waals surface area (Å²) >= 11 is 0. The lowest BCUT2D eigenvalue weighted by atomic mass is 10.0. The molecule has 2 aliphatic rings. The maximum absolute atomic E-state index is 13.0. The van der Waals surface area contributed by atoms with Gasteiger partial charge in [0.05, 0.1) is 18.2 Å². The molecule has 32 heavy (non-hydrogen) atoms. The average molecular weight is 437 g/mol. The molecule has 2 aromatic heterocycles. The first-order valence-corrected chi connectivity index (χ1v) is 11.4. The molecule has 1 amide bonds. The Morgan fingerprint density at radius 3 is 3.00 bits per heavy atom. The summed E-state index contributed by atoms with van der Waals surface area (Å²) in [6.07, 6.45) is 6.13. The highest BCUT2D eigenvalue weighted by Gasteiger charge is 2.26. The SMILES string of the molecule is O=C(c1ccc2ncccc2c1)N1CCCC(OCCc2noc(C3CCOCC3)n2)C1. The minimum Gasteiger partial charge on any atom is -0.381 e. The van der Waals surface area contributed by atoms with Crippen molar-refractivity contribution in [2.75, 3.05) is 32.9 Å². The van der Waals surface area contributed by atoms with Crippen molar-refractivity contribution >= 4 is 16.8 Å². The summed E-state index contributed by atoms with van der Waals surface area (Å²) < 4.78 is 16.9. The number of piperidine rings is 1. The van der Waals surface area contributed by atoms with E-state index in [1.165, 1.54) is 0 Å². The second-order valence-electron chi connectivity index (χ2n) is 8.48. The van der Waals surface area contributed by atoms with E-state index in [0.717, 1.165) is 56.3 Å². The Kier molecular flexibility index (Phi) is 6.41. The second kappa shape index (κ2) is 9.75. The fraction of sp³-hybridized carbons (Fsp3) is 0.500. The minimum atomic E-state index is 0.0247. The van der Waals surface area contributed by atoms with Crippen molar-refractivity contribution in [3.8, 4) is 0 Å². The molecule has 2 saturated heterocycles. The average Bonchev–Trinajstić information content (AvgIpc) is 3.33. The fourth-order valence-corrected chi connectivity index (χ4v) is 4.45. The molecule has 1 unspecified atom stereocenters. The zero-order valence-corrected chi connectivity index (χ0v) is 18.1. The van der Waals surface area contributed by atoms with Crippen LogP contribution < -0.4 is 0 Å². The standard InChI is InChI=1S/C24H28N4O4/c29-24(19-5-6-21-18(15-19)3-1-10-25-21)28-11-2-4-20(16-28)31-14-9-22-26-23(32-27-22)17-7-12-30-13-8-17/h1,3,5-6,10,15,17,20H,2,4,7-9,11-14,16H2. The zero-order chi connectivity index (χ0) is 21.8. The van der Waals surface area contributed by atoms with Gasteiger partial charge >= 0.3 is 0 Å². The molecule has 0 spiro atoms. The number of hydrogen-bond acceptors (Lipinski definition) is 7. The zero-order valence-electron chi connectivity index (χ0n) is 18.1. The van der Waals surface area contributed by atoms with Crippen molar-refractivity contribution in [1.29, 1.82) is 0 Å². The van der Waals surface area contributed by atoms with Crippen LogP contribution in [0.25, 0.3) is 10.9 Å². The van der Waals surface area contributed by atoms with Crippen molar-refractivity contribution in [2.45, 2.75) is 44.1 Å². The summed E-state index contributed by atoms with van der Waals surface area (Å²) in [5.41, 5.74) is 1.59. The molecule has 0 N–H and O–H groups in total. The highest BCUT2D eigenvalue weighted by molar-refractivity contribution is 5.98. The van der Waals surface area contributed by atoms with Gasteiger partial charge in [0.2, 0.25) is 5.89 Å². The van der Waals surface area contributed by atoms with E-state index >= 15 is 0 Å². The van der Waals surface area contributed by atoms with E-state index in [0.29, 0.717) is 42.8 Å². The molecule has 168 valence electrons. The summed E-state index contributed by atoms with van der Waals surface area (Å²) in [6.45, 7) is 3.37. The maximum Gasteiger partial charge on any atom is 0.253 e. The lowest BCUT2D eigenvalue weighted by Crippen LogP contribution is -2.43. The first kappa shape index (κ1) is 21.0. The van der Waals surface area contributed by atoms with Gasteiger partial charge in [0.1, 0.15) is 0 Å². The van der Waals surface area contributed by atoms with Gasteiger partial charge in [-0.05, 0) is 49.9 Å². The molecule has 1 aromatic carbocycles. The predicted molar refractivity (Wildman–Crippen MR) is 117 cm³/mol. The van der Waals surface area contributed by atoms with Gasteiger partial charge in [-0.1, -0.05) is 11.2 Å². The third-order valence-electron chi connectivity index (χ3n) is 6.25. The van der Waals surface area contributed by atoms with Crippen LogP contribution in [0.4, 0.5) is 0 Å². The molecule has 0 saturated carbocycles. The quantitative estimate of drug-likeness (QED) is 0.585.